The largest absolute Gasteiger partial charge is 0.381 e. The van der Waals surface area contributed by atoms with Crippen LogP contribution < -0.4 is 5.32 Å². The number of hydrogen-bond acceptors (Lipinski definition) is 2. The average molecular weight is 223 g/mol. The topological polar surface area (TPSA) is 21.3 Å². The summed E-state index contributed by atoms with van der Waals surface area (Å²) in [7, 11) is 2.16. The van der Waals surface area contributed by atoms with Crippen molar-refractivity contribution in [1.29, 1.82) is 0 Å². The fraction of sp³-hybridized carbons (Fsp3) is 1.00. The predicted molar refractivity (Wildman–Crippen MR) is 65.3 cm³/mol. The minimum atomic E-state index is 0.744. The Hall–Kier alpha value is -0.0800. The van der Waals surface area contributed by atoms with Crippen molar-refractivity contribution < 1.29 is 4.74 Å². The standard InChI is InChI=1S/C14H25NO/c1-15-14(10-5-4-8-16-9-10)13-11-6-2-3-7-12(11)13/h10-15H,2-9H2,1H3. The van der Waals surface area contributed by atoms with Crippen molar-refractivity contribution in [2.45, 2.75) is 44.6 Å². The van der Waals surface area contributed by atoms with Crippen LogP contribution in [0, 0.1) is 23.7 Å². The lowest BCUT2D eigenvalue weighted by molar-refractivity contribution is 0.0354. The molecule has 0 aromatic heterocycles. The van der Waals surface area contributed by atoms with Gasteiger partial charge < -0.3 is 10.1 Å². The van der Waals surface area contributed by atoms with Gasteiger partial charge in [-0.2, -0.15) is 0 Å². The van der Waals surface area contributed by atoms with Crippen LogP contribution in [-0.4, -0.2) is 26.3 Å². The smallest absolute Gasteiger partial charge is 0.0509 e. The van der Waals surface area contributed by atoms with E-state index in [1.165, 1.54) is 38.5 Å². The summed E-state index contributed by atoms with van der Waals surface area (Å²) in [5, 5.41) is 3.61. The molecule has 0 radical (unpaired) electrons. The molecule has 4 atom stereocenters. The van der Waals surface area contributed by atoms with E-state index in [0.717, 1.165) is 42.9 Å². The van der Waals surface area contributed by atoms with Gasteiger partial charge in [-0.25, -0.2) is 0 Å². The highest BCUT2D eigenvalue weighted by Crippen LogP contribution is 2.58. The second-order valence-corrected chi connectivity index (χ2v) is 5.98. The van der Waals surface area contributed by atoms with E-state index in [1.807, 2.05) is 0 Å². The van der Waals surface area contributed by atoms with Gasteiger partial charge in [0.05, 0.1) is 6.61 Å². The van der Waals surface area contributed by atoms with Gasteiger partial charge in [0.15, 0.2) is 0 Å². The molecule has 1 aliphatic heterocycles. The summed E-state index contributed by atoms with van der Waals surface area (Å²) in [5.74, 6) is 3.90. The Kier molecular flexibility index (Phi) is 3.21. The number of nitrogens with one attached hydrogen (secondary N) is 1. The normalized spacial score (nSPS) is 44.8. The number of hydrogen-bond donors (Lipinski definition) is 1. The molecule has 0 aromatic carbocycles. The van der Waals surface area contributed by atoms with Crippen LogP contribution in [-0.2, 0) is 4.74 Å². The van der Waals surface area contributed by atoms with Gasteiger partial charge in [0.2, 0.25) is 0 Å². The molecule has 0 amide bonds. The molecule has 2 aliphatic carbocycles. The zero-order chi connectivity index (χ0) is 11.0. The van der Waals surface area contributed by atoms with Crippen molar-refractivity contribution in [2.75, 3.05) is 20.3 Å². The Morgan fingerprint density at radius 1 is 1.06 bits per heavy atom. The molecule has 2 nitrogen and oxygen atoms in total. The van der Waals surface area contributed by atoms with Gasteiger partial charge in [-0.05, 0) is 56.4 Å². The van der Waals surface area contributed by atoms with E-state index >= 15 is 0 Å². The van der Waals surface area contributed by atoms with E-state index in [-0.39, 0.29) is 0 Å². The van der Waals surface area contributed by atoms with Crippen molar-refractivity contribution in [3.8, 4) is 0 Å². The fourth-order valence-electron chi connectivity index (χ4n) is 4.37. The van der Waals surface area contributed by atoms with Crippen molar-refractivity contribution in [3.63, 3.8) is 0 Å². The highest BCUT2D eigenvalue weighted by Gasteiger charge is 2.55. The minimum absolute atomic E-state index is 0.744. The van der Waals surface area contributed by atoms with Gasteiger partial charge in [0, 0.05) is 12.6 Å². The molecule has 0 aromatic rings. The maximum atomic E-state index is 5.66. The second kappa shape index (κ2) is 4.66. The first kappa shape index (κ1) is 11.0. The number of fused-ring (bicyclic) bond motifs is 1. The molecule has 1 heterocycles. The van der Waals surface area contributed by atoms with E-state index in [2.05, 4.69) is 12.4 Å². The van der Waals surface area contributed by atoms with Crippen molar-refractivity contribution >= 4 is 0 Å². The summed E-state index contributed by atoms with van der Waals surface area (Å²) in [6, 6.07) is 0.744. The first-order chi connectivity index (χ1) is 7.92. The van der Waals surface area contributed by atoms with E-state index in [0.29, 0.717) is 0 Å². The van der Waals surface area contributed by atoms with E-state index < -0.39 is 0 Å². The second-order valence-electron chi connectivity index (χ2n) is 5.98. The summed E-state index contributed by atoms with van der Waals surface area (Å²) in [6.45, 7) is 1.99. The van der Waals surface area contributed by atoms with Crippen LogP contribution in [0.4, 0.5) is 0 Å². The first-order valence-electron chi connectivity index (χ1n) is 7.17. The Morgan fingerprint density at radius 2 is 1.81 bits per heavy atom. The zero-order valence-electron chi connectivity index (χ0n) is 10.5. The molecule has 1 N–H and O–H groups in total. The van der Waals surface area contributed by atoms with Crippen molar-refractivity contribution in [3.05, 3.63) is 0 Å². The molecule has 4 unspecified atom stereocenters. The van der Waals surface area contributed by atoms with Gasteiger partial charge in [0.1, 0.15) is 0 Å². The fourth-order valence-corrected chi connectivity index (χ4v) is 4.37. The lowest BCUT2D eigenvalue weighted by Gasteiger charge is -2.30. The zero-order valence-corrected chi connectivity index (χ0v) is 10.5. The van der Waals surface area contributed by atoms with Crippen LogP contribution >= 0.6 is 0 Å². The molecule has 2 saturated carbocycles. The summed E-state index contributed by atoms with van der Waals surface area (Å²) < 4.78 is 5.66. The minimum Gasteiger partial charge on any atom is -0.381 e. The Labute approximate surface area is 99.1 Å². The van der Waals surface area contributed by atoms with Gasteiger partial charge in [-0.3, -0.25) is 0 Å². The van der Waals surface area contributed by atoms with Gasteiger partial charge in [-0.15, -0.1) is 0 Å². The highest BCUT2D eigenvalue weighted by atomic mass is 16.5. The molecule has 3 aliphatic rings. The van der Waals surface area contributed by atoms with E-state index in [1.54, 1.807) is 0 Å². The quantitative estimate of drug-likeness (QED) is 0.793. The maximum absolute atomic E-state index is 5.66. The molecule has 92 valence electrons. The summed E-state index contributed by atoms with van der Waals surface area (Å²) in [5.41, 5.74) is 0. The van der Waals surface area contributed by atoms with Gasteiger partial charge in [0.25, 0.3) is 0 Å². The first-order valence-corrected chi connectivity index (χ1v) is 7.17. The van der Waals surface area contributed by atoms with Crippen LogP contribution in [0.3, 0.4) is 0 Å². The van der Waals surface area contributed by atoms with Crippen molar-refractivity contribution in [2.24, 2.45) is 23.7 Å². The molecule has 3 fully saturated rings. The monoisotopic (exact) mass is 223 g/mol. The molecular weight excluding hydrogens is 198 g/mol. The molecule has 16 heavy (non-hydrogen) atoms. The van der Waals surface area contributed by atoms with Crippen LogP contribution in [0.1, 0.15) is 38.5 Å². The summed E-state index contributed by atoms with van der Waals surface area (Å²) >= 11 is 0. The molecule has 3 rings (SSSR count). The average Bonchev–Trinajstić information content (AvgIpc) is 3.07. The van der Waals surface area contributed by atoms with Crippen LogP contribution in [0.25, 0.3) is 0 Å². The van der Waals surface area contributed by atoms with E-state index in [4.69, 9.17) is 4.74 Å². The lowest BCUT2D eigenvalue weighted by Crippen LogP contribution is -2.40. The number of ether oxygens (including phenoxy) is 1. The Balaban J connectivity index is 1.62. The van der Waals surface area contributed by atoms with Gasteiger partial charge in [-0.1, -0.05) is 12.8 Å². The highest BCUT2D eigenvalue weighted by molar-refractivity contribution is 5.06. The molecule has 1 saturated heterocycles. The van der Waals surface area contributed by atoms with Crippen molar-refractivity contribution in [1.82, 2.24) is 5.32 Å². The third kappa shape index (κ3) is 1.91. The van der Waals surface area contributed by atoms with Crippen LogP contribution in [0.2, 0.25) is 0 Å². The van der Waals surface area contributed by atoms with E-state index in [9.17, 15) is 0 Å². The summed E-state index contributed by atoms with van der Waals surface area (Å²) in [4.78, 5) is 0. The maximum Gasteiger partial charge on any atom is 0.0509 e. The molecule has 0 spiro atoms. The lowest BCUT2D eigenvalue weighted by atomic mass is 9.89. The third-order valence-corrected chi connectivity index (χ3v) is 5.17. The predicted octanol–water partition coefficient (Wildman–Crippen LogP) is 2.44. The van der Waals surface area contributed by atoms with Crippen LogP contribution in [0.5, 0.6) is 0 Å². The molecule has 2 heteroatoms. The SMILES string of the molecule is CNC(C1CCCOC1)C1C2CCCCC21. The number of rotatable bonds is 3. The summed E-state index contributed by atoms with van der Waals surface area (Å²) in [6.07, 6.45) is 8.61. The van der Waals surface area contributed by atoms with Crippen LogP contribution in [0.15, 0.2) is 0 Å². The third-order valence-electron chi connectivity index (χ3n) is 5.17. The molecular formula is C14H25NO. The van der Waals surface area contributed by atoms with Gasteiger partial charge >= 0.3 is 0 Å². The Bertz CT molecular complexity index is 225. The molecule has 0 bridgehead atoms. The Morgan fingerprint density at radius 3 is 2.38 bits per heavy atom.